The van der Waals surface area contributed by atoms with Gasteiger partial charge in [-0.1, -0.05) is 48.0 Å². The molecule has 0 fully saturated rings. The van der Waals surface area contributed by atoms with Crippen LogP contribution in [-0.4, -0.2) is 27.2 Å². The van der Waals surface area contributed by atoms with Crippen LogP contribution in [-0.2, 0) is 14.8 Å². The molecule has 2 N–H and O–H groups in total. The second kappa shape index (κ2) is 10.9. The van der Waals surface area contributed by atoms with Crippen molar-refractivity contribution in [2.24, 2.45) is 0 Å². The Morgan fingerprint density at radius 3 is 2.50 bits per heavy atom. The molecule has 0 spiro atoms. The van der Waals surface area contributed by atoms with Gasteiger partial charge in [0.2, 0.25) is 10.0 Å². The van der Waals surface area contributed by atoms with Gasteiger partial charge in [0.25, 0.3) is 5.91 Å². The van der Waals surface area contributed by atoms with E-state index in [0.717, 1.165) is 10.5 Å². The van der Waals surface area contributed by atoms with Crippen LogP contribution in [0, 0.1) is 0 Å². The Balaban J connectivity index is 1.62. The molecule has 0 aromatic heterocycles. The highest BCUT2D eigenvalue weighted by atomic mass is 35.5. The molecule has 0 aliphatic carbocycles. The van der Waals surface area contributed by atoms with Crippen molar-refractivity contribution in [3.8, 4) is 5.75 Å². The maximum atomic E-state index is 12.7. The molecule has 0 aliphatic rings. The van der Waals surface area contributed by atoms with Gasteiger partial charge in [-0.15, -0.1) is 11.8 Å². The smallest absolute Gasteiger partial charge is 0.262 e. The molecule has 0 saturated heterocycles. The normalized spacial score (nSPS) is 12.2. The Morgan fingerprint density at radius 1 is 1.06 bits per heavy atom. The van der Waals surface area contributed by atoms with E-state index in [-0.39, 0.29) is 28.2 Å². The summed E-state index contributed by atoms with van der Waals surface area (Å²) in [6.07, 6.45) is 1.95. The lowest BCUT2D eigenvalue weighted by Gasteiger charge is -2.15. The van der Waals surface area contributed by atoms with Gasteiger partial charge in [-0.25, -0.2) is 13.1 Å². The molecular weight excluding hydrogens is 468 g/mol. The van der Waals surface area contributed by atoms with Crippen molar-refractivity contribution in [3.63, 3.8) is 0 Å². The van der Waals surface area contributed by atoms with Crippen molar-refractivity contribution >= 4 is 45.0 Å². The largest absolute Gasteiger partial charge is 0.482 e. The van der Waals surface area contributed by atoms with Gasteiger partial charge in [-0.05, 0) is 55.1 Å². The van der Waals surface area contributed by atoms with E-state index in [1.807, 2.05) is 54.8 Å². The number of hydrogen-bond acceptors (Lipinski definition) is 5. The molecule has 32 heavy (non-hydrogen) atoms. The lowest BCUT2D eigenvalue weighted by atomic mass is 10.1. The summed E-state index contributed by atoms with van der Waals surface area (Å²) in [6.45, 7) is 1.50. The van der Waals surface area contributed by atoms with Crippen LogP contribution in [0.25, 0.3) is 0 Å². The molecule has 3 aromatic rings. The van der Waals surface area contributed by atoms with E-state index in [1.165, 1.54) is 18.2 Å². The molecule has 1 amide bonds. The third-order valence-corrected chi connectivity index (χ3v) is 7.12. The van der Waals surface area contributed by atoms with Crippen molar-refractivity contribution < 1.29 is 17.9 Å². The molecule has 0 saturated carbocycles. The molecule has 168 valence electrons. The highest BCUT2D eigenvalue weighted by Crippen LogP contribution is 2.28. The molecule has 9 heteroatoms. The van der Waals surface area contributed by atoms with Crippen molar-refractivity contribution in [1.29, 1.82) is 0 Å². The number of halogens is 1. The molecule has 0 radical (unpaired) electrons. The first-order valence-electron chi connectivity index (χ1n) is 9.72. The first-order chi connectivity index (χ1) is 15.3. The van der Waals surface area contributed by atoms with Gasteiger partial charge < -0.3 is 10.1 Å². The minimum Gasteiger partial charge on any atom is -0.482 e. The molecule has 6 nitrogen and oxygen atoms in total. The second-order valence-electron chi connectivity index (χ2n) is 6.91. The van der Waals surface area contributed by atoms with Crippen molar-refractivity contribution in [1.82, 2.24) is 4.72 Å². The van der Waals surface area contributed by atoms with Gasteiger partial charge in [0, 0.05) is 16.6 Å². The molecular formula is C23H23ClN2O4S2. The molecule has 0 unspecified atom stereocenters. The summed E-state index contributed by atoms with van der Waals surface area (Å²) >= 11 is 7.79. The van der Waals surface area contributed by atoms with Crippen molar-refractivity contribution in [2.75, 3.05) is 18.2 Å². The average Bonchev–Trinajstić information content (AvgIpc) is 2.78. The number of amides is 1. The first kappa shape index (κ1) is 24.1. The summed E-state index contributed by atoms with van der Waals surface area (Å²) in [5.74, 6) is -0.135. The predicted molar refractivity (Wildman–Crippen MR) is 129 cm³/mol. The summed E-state index contributed by atoms with van der Waals surface area (Å²) in [6, 6.07) is 20.4. The Morgan fingerprint density at radius 2 is 1.81 bits per heavy atom. The second-order valence-corrected chi connectivity index (χ2v) is 9.92. The summed E-state index contributed by atoms with van der Waals surface area (Å²) in [5.41, 5.74) is 1.51. The van der Waals surface area contributed by atoms with Crippen LogP contribution < -0.4 is 14.8 Å². The number of hydrogen-bond donors (Lipinski definition) is 2. The highest BCUT2D eigenvalue weighted by molar-refractivity contribution is 7.98. The van der Waals surface area contributed by atoms with E-state index in [0.29, 0.717) is 5.69 Å². The molecule has 0 aliphatic heterocycles. The van der Waals surface area contributed by atoms with E-state index in [1.54, 1.807) is 24.8 Å². The van der Waals surface area contributed by atoms with E-state index < -0.39 is 16.1 Å². The van der Waals surface area contributed by atoms with Gasteiger partial charge in [-0.3, -0.25) is 4.79 Å². The van der Waals surface area contributed by atoms with Crippen LogP contribution in [0.2, 0.25) is 5.02 Å². The Bertz CT molecular complexity index is 1190. The molecule has 1 atom stereocenters. The van der Waals surface area contributed by atoms with Crippen LogP contribution in [0.1, 0.15) is 18.5 Å². The number of carbonyl (C=O) groups excluding carboxylic acids is 1. The Hall–Kier alpha value is -2.52. The number of sulfonamides is 1. The minimum absolute atomic E-state index is 0.0102. The van der Waals surface area contributed by atoms with Gasteiger partial charge in [0.15, 0.2) is 6.61 Å². The monoisotopic (exact) mass is 490 g/mol. The zero-order valence-corrected chi connectivity index (χ0v) is 19.9. The predicted octanol–water partition coefficient (Wildman–Crippen LogP) is 5.12. The molecule has 3 rings (SSSR count). The molecule has 3 aromatic carbocycles. The molecule has 0 bridgehead atoms. The number of ether oxygens (including phenoxy) is 1. The van der Waals surface area contributed by atoms with E-state index in [2.05, 4.69) is 10.0 Å². The van der Waals surface area contributed by atoms with Gasteiger partial charge in [-0.2, -0.15) is 0 Å². The van der Waals surface area contributed by atoms with Crippen LogP contribution in [0.4, 0.5) is 5.69 Å². The van der Waals surface area contributed by atoms with Crippen LogP contribution >= 0.6 is 23.4 Å². The quantitative estimate of drug-likeness (QED) is 0.407. The SMILES string of the molecule is CSc1cccc(NC(=O)COc2ccc(S(=O)(=O)N[C@H](C)c3ccccc3)cc2Cl)c1. The highest BCUT2D eigenvalue weighted by Gasteiger charge is 2.20. The summed E-state index contributed by atoms with van der Waals surface area (Å²) in [5, 5.41) is 2.85. The number of rotatable bonds is 9. The number of carbonyl (C=O) groups is 1. The Labute approximate surface area is 197 Å². The number of anilines is 1. The number of nitrogens with one attached hydrogen (secondary N) is 2. The standard InChI is InChI=1S/C23H23ClN2O4S2/c1-16(17-7-4-3-5-8-17)26-32(28,29)20-11-12-22(21(24)14-20)30-15-23(27)25-18-9-6-10-19(13-18)31-2/h3-14,16,26H,15H2,1-2H3,(H,25,27)/t16-/m1/s1. The maximum Gasteiger partial charge on any atom is 0.262 e. The average molecular weight is 491 g/mol. The van der Waals surface area contributed by atoms with E-state index in [4.69, 9.17) is 16.3 Å². The van der Waals surface area contributed by atoms with Crippen LogP contribution in [0.3, 0.4) is 0 Å². The lowest BCUT2D eigenvalue weighted by molar-refractivity contribution is -0.118. The molecule has 0 heterocycles. The number of benzene rings is 3. The zero-order valence-electron chi connectivity index (χ0n) is 17.5. The van der Waals surface area contributed by atoms with Crippen LogP contribution in [0.15, 0.2) is 82.6 Å². The summed E-state index contributed by atoms with van der Waals surface area (Å²) in [4.78, 5) is 13.2. The summed E-state index contributed by atoms with van der Waals surface area (Å²) in [7, 11) is -3.80. The lowest BCUT2D eigenvalue weighted by Crippen LogP contribution is -2.27. The van der Waals surface area contributed by atoms with Gasteiger partial charge >= 0.3 is 0 Å². The topological polar surface area (TPSA) is 84.5 Å². The first-order valence-corrected chi connectivity index (χ1v) is 12.8. The number of thioether (sulfide) groups is 1. The van der Waals surface area contributed by atoms with Crippen molar-refractivity contribution in [2.45, 2.75) is 22.8 Å². The van der Waals surface area contributed by atoms with Gasteiger partial charge in [0.05, 0.1) is 9.92 Å². The van der Waals surface area contributed by atoms with E-state index >= 15 is 0 Å². The third kappa shape index (κ3) is 6.49. The van der Waals surface area contributed by atoms with E-state index in [9.17, 15) is 13.2 Å². The van der Waals surface area contributed by atoms with Crippen molar-refractivity contribution in [3.05, 3.63) is 83.4 Å². The fourth-order valence-corrected chi connectivity index (χ4v) is 4.93. The third-order valence-electron chi connectivity index (χ3n) is 4.56. The van der Waals surface area contributed by atoms with Crippen LogP contribution in [0.5, 0.6) is 5.75 Å². The van der Waals surface area contributed by atoms with Gasteiger partial charge in [0.1, 0.15) is 5.75 Å². The fraction of sp³-hybridized carbons (Fsp3) is 0.174. The fourth-order valence-electron chi connectivity index (χ4n) is 2.92. The summed E-state index contributed by atoms with van der Waals surface area (Å²) < 4.78 is 33.6. The minimum atomic E-state index is -3.80. The Kier molecular flexibility index (Phi) is 8.20. The maximum absolute atomic E-state index is 12.7. The zero-order chi connectivity index (χ0) is 23.1.